The molecular formula is C20H21N3O3. The monoisotopic (exact) mass is 351 g/mol. The molecule has 0 aliphatic carbocycles. The molecule has 3 amide bonds. The third-order valence-corrected chi connectivity index (χ3v) is 5.02. The Labute approximate surface area is 152 Å². The summed E-state index contributed by atoms with van der Waals surface area (Å²) in [6, 6.07) is 14.7. The molecule has 0 aromatic heterocycles. The molecule has 6 nitrogen and oxygen atoms in total. The maximum absolute atomic E-state index is 12.9. The van der Waals surface area contributed by atoms with E-state index in [1.165, 1.54) is 0 Å². The number of aliphatic hydroxyl groups excluding tert-OH is 1. The summed E-state index contributed by atoms with van der Waals surface area (Å²) >= 11 is 0. The number of hydrogen-bond donors (Lipinski definition) is 2. The summed E-state index contributed by atoms with van der Waals surface area (Å²) in [7, 11) is 0. The predicted molar refractivity (Wildman–Crippen MR) is 97.9 cm³/mol. The van der Waals surface area contributed by atoms with Gasteiger partial charge < -0.3 is 15.3 Å². The number of fused-ring (bicyclic) bond motifs is 1. The van der Waals surface area contributed by atoms with Crippen LogP contribution in [0.25, 0.3) is 0 Å². The number of nitrogens with one attached hydrogen (secondary N) is 1. The Morgan fingerprint density at radius 1 is 1.08 bits per heavy atom. The van der Waals surface area contributed by atoms with Gasteiger partial charge in [0.2, 0.25) is 0 Å². The molecule has 2 aromatic carbocycles. The molecule has 1 atom stereocenters. The molecule has 2 aliphatic heterocycles. The van der Waals surface area contributed by atoms with Crippen molar-refractivity contribution < 1.29 is 14.7 Å². The van der Waals surface area contributed by atoms with Crippen molar-refractivity contribution in [1.29, 1.82) is 0 Å². The van der Waals surface area contributed by atoms with Gasteiger partial charge >= 0.3 is 6.03 Å². The normalized spacial score (nSPS) is 19.7. The molecule has 2 aromatic rings. The first-order valence-corrected chi connectivity index (χ1v) is 8.84. The maximum Gasteiger partial charge on any atom is 0.321 e. The number of amides is 3. The minimum Gasteiger partial charge on any atom is -0.388 e. The summed E-state index contributed by atoms with van der Waals surface area (Å²) in [5.41, 5.74) is 3.25. The standard InChI is InChI=1S/C20H21N3O3/c24-18-9-11-22(13-15-3-1-2-4-17(15)18)19(25)14-5-7-16(8-6-14)23-12-10-21-20(23)26/h1-8,18,24H,9-13H2,(H,21,26). The number of carbonyl (C=O) groups excluding carboxylic acids is 2. The number of carbonyl (C=O) groups is 2. The average Bonchev–Trinajstić information content (AvgIpc) is 3.02. The van der Waals surface area contributed by atoms with Crippen LogP contribution in [0.3, 0.4) is 0 Å². The molecule has 6 heteroatoms. The van der Waals surface area contributed by atoms with Crippen LogP contribution in [0.15, 0.2) is 48.5 Å². The van der Waals surface area contributed by atoms with Gasteiger partial charge in [-0.1, -0.05) is 24.3 Å². The van der Waals surface area contributed by atoms with Crippen LogP contribution in [0.1, 0.15) is 34.0 Å². The molecule has 4 rings (SSSR count). The summed E-state index contributed by atoms with van der Waals surface area (Å²) in [4.78, 5) is 28.1. The van der Waals surface area contributed by atoms with E-state index < -0.39 is 6.10 Å². The molecule has 1 saturated heterocycles. The summed E-state index contributed by atoms with van der Waals surface area (Å²) in [5, 5.41) is 13.1. The van der Waals surface area contributed by atoms with Crippen molar-refractivity contribution in [3.05, 3.63) is 65.2 Å². The molecule has 26 heavy (non-hydrogen) atoms. The zero-order valence-corrected chi connectivity index (χ0v) is 14.4. The highest BCUT2D eigenvalue weighted by Crippen LogP contribution is 2.27. The third kappa shape index (κ3) is 3.04. The second kappa shape index (κ2) is 6.80. The Balaban J connectivity index is 1.53. The SMILES string of the molecule is O=C(c1ccc(N2CCNC2=O)cc1)N1CCC(O)c2ccccc2C1. The largest absolute Gasteiger partial charge is 0.388 e. The maximum atomic E-state index is 12.9. The van der Waals surface area contributed by atoms with Gasteiger partial charge in [0.25, 0.3) is 5.91 Å². The third-order valence-electron chi connectivity index (χ3n) is 5.02. The molecule has 0 saturated carbocycles. The summed E-state index contributed by atoms with van der Waals surface area (Å²) < 4.78 is 0. The van der Waals surface area contributed by atoms with Crippen molar-refractivity contribution in [3.63, 3.8) is 0 Å². The minimum absolute atomic E-state index is 0.0636. The Morgan fingerprint density at radius 2 is 1.85 bits per heavy atom. The first-order chi connectivity index (χ1) is 12.6. The van der Waals surface area contributed by atoms with E-state index in [0.717, 1.165) is 16.8 Å². The molecule has 0 radical (unpaired) electrons. The van der Waals surface area contributed by atoms with E-state index in [4.69, 9.17) is 0 Å². The van der Waals surface area contributed by atoms with Crippen molar-refractivity contribution in [2.45, 2.75) is 19.1 Å². The van der Waals surface area contributed by atoms with Crippen LogP contribution < -0.4 is 10.2 Å². The minimum atomic E-state index is -0.542. The fraction of sp³-hybridized carbons (Fsp3) is 0.300. The van der Waals surface area contributed by atoms with Gasteiger partial charge in [0.15, 0.2) is 0 Å². The molecule has 0 spiro atoms. The van der Waals surface area contributed by atoms with E-state index in [9.17, 15) is 14.7 Å². The van der Waals surface area contributed by atoms with Gasteiger partial charge in [0.1, 0.15) is 0 Å². The highest BCUT2D eigenvalue weighted by Gasteiger charge is 2.25. The number of nitrogens with zero attached hydrogens (tertiary/aromatic N) is 2. The van der Waals surface area contributed by atoms with Crippen LogP contribution >= 0.6 is 0 Å². The van der Waals surface area contributed by atoms with E-state index >= 15 is 0 Å². The second-order valence-corrected chi connectivity index (χ2v) is 6.66. The molecular weight excluding hydrogens is 330 g/mol. The lowest BCUT2D eigenvalue weighted by Gasteiger charge is -2.21. The molecule has 1 unspecified atom stereocenters. The highest BCUT2D eigenvalue weighted by atomic mass is 16.3. The van der Waals surface area contributed by atoms with Gasteiger partial charge in [-0.2, -0.15) is 0 Å². The zero-order valence-electron chi connectivity index (χ0n) is 14.4. The topological polar surface area (TPSA) is 72.9 Å². The van der Waals surface area contributed by atoms with Gasteiger partial charge in [0.05, 0.1) is 6.10 Å². The lowest BCUT2D eigenvalue weighted by molar-refractivity contribution is 0.0723. The summed E-state index contributed by atoms with van der Waals surface area (Å²) in [6.45, 7) is 2.26. The number of hydrogen-bond acceptors (Lipinski definition) is 3. The van der Waals surface area contributed by atoms with Crippen molar-refractivity contribution in [2.75, 3.05) is 24.5 Å². The predicted octanol–water partition coefficient (Wildman–Crippen LogP) is 2.30. The Morgan fingerprint density at radius 3 is 2.58 bits per heavy atom. The lowest BCUT2D eigenvalue weighted by atomic mass is 10.0. The van der Waals surface area contributed by atoms with Crippen LogP contribution in [0, 0.1) is 0 Å². The van der Waals surface area contributed by atoms with Crippen molar-refractivity contribution in [3.8, 4) is 0 Å². The Hall–Kier alpha value is -2.86. The van der Waals surface area contributed by atoms with Crippen molar-refractivity contribution in [1.82, 2.24) is 10.2 Å². The van der Waals surface area contributed by atoms with Crippen LogP contribution in [0.2, 0.25) is 0 Å². The summed E-state index contributed by atoms with van der Waals surface area (Å²) in [5.74, 6) is -0.0636. The number of aliphatic hydroxyl groups is 1. The van der Waals surface area contributed by atoms with E-state index in [1.807, 2.05) is 24.3 Å². The first-order valence-electron chi connectivity index (χ1n) is 8.84. The number of urea groups is 1. The second-order valence-electron chi connectivity index (χ2n) is 6.66. The smallest absolute Gasteiger partial charge is 0.321 e. The van der Waals surface area contributed by atoms with Gasteiger partial charge in [-0.05, 0) is 41.8 Å². The number of benzene rings is 2. The summed E-state index contributed by atoms with van der Waals surface area (Å²) in [6.07, 6.45) is -0.0190. The molecule has 2 aliphatic rings. The van der Waals surface area contributed by atoms with Gasteiger partial charge in [-0.3, -0.25) is 9.69 Å². The number of anilines is 1. The molecule has 1 fully saturated rings. The van der Waals surface area contributed by atoms with Crippen LogP contribution in [0.5, 0.6) is 0 Å². The number of rotatable bonds is 2. The van der Waals surface area contributed by atoms with Crippen molar-refractivity contribution >= 4 is 17.6 Å². The molecule has 134 valence electrons. The van der Waals surface area contributed by atoms with Crippen LogP contribution in [-0.2, 0) is 6.54 Å². The average molecular weight is 351 g/mol. The van der Waals surface area contributed by atoms with E-state index in [-0.39, 0.29) is 11.9 Å². The van der Waals surface area contributed by atoms with Crippen LogP contribution in [0.4, 0.5) is 10.5 Å². The zero-order chi connectivity index (χ0) is 18.1. The van der Waals surface area contributed by atoms with Crippen LogP contribution in [-0.4, -0.2) is 41.6 Å². The van der Waals surface area contributed by atoms with E-state index in [2.05, 4.69) is 5.32 Å². The van der Waals surface area contributed by atoms with E-state index in [1.54, 1.807) is 34.1 Å². The fourth-order valence-corrected chi connectivity index (χ4v) is 3.58. The van der Waals surface area contributed by atoms with E-state index in [0.29, 0.717) is 38.2 Å². The highest BCUT2D eigenvalue weighted by molar-refractivity contribution is 5.97. The van der Waals surface area contributed by atoms with Gasteiger partial charge in [-0.25, -0.2) is 4.79 Å². The Bertz CT molecular complexity index is 834. The Kier molecular flexibility index (Phi) is 4.34. The molecule has 0 bridgehead atoms. The van der Waals surface area contributed by atoms with Gasteiger partial charge in [-0.15, -0.1) is 0 Å². The molecule has 2 N–H and O–H groups in total. The quantitative estimate of drug-likeness (QED) is 0.872. The van der Waals surface area contributed by atoms with Crippen molar-refractivity contribution in [2.24, 2.45) is 0 Å². The van der Waals surface area contributed by atoms with Gasteiger partial charge in [0, 0.05) is 37.4 Å². The lowest BCUT2D eigenvalue weighted by Crippen LogP contribution is -2.31. The first kappa shape index (κ1) is 16.6. The fourth-order valence-electron chi connectivity index (χ4n) is 3.58. The molecule has 2 heterocycles.